The molecule has 0 aliphatic rings. The van der Waals surface area contributed by atoms with Crippen molar-refractivity contribution in [2.24, 2.45) is 0 Å². The molecule has 0 atom stereocenters. The molecule has 1 rings (SSSR count). The molecule has 90 valence electrons. The van der Waals surface area contributed by atoms with Crippen molar-refractivity contribution in [3.05, 3.63) is 23.3 Å². The first-order valence-electron chi connectivity index (χ1n) is 5.93. The molecule has 0 aliphatic carbocycles. The van der Waals surface area contributed by atoms with Gasteiger partial charge in [-0.2, -0.15) is 0 Å². The molecule has 2 N–H and O–H groups in total. The van der Waals surface area contributed by atoms with E-state index in [2.05, 4.69) is 39.1 Å². The molecule has 1 aromatic rings. The Morgan fingerprint density at radius 3 is 1.88 bits per heavy atom. The van der Waals surface area contributed by atoms with Crippen LogP contribution in [0.5, 0.6) is 0 Å². The van der Waals surface area contributed by atoms with Gasteiger partial charge in [0.05, 0.1) is 0 Å². The molecular formula is C13H23NOSi. The van der Waals surface area contributed by atoms with Crippen LogP contribution >= 0.6 is 0 Å². The molecule has 0 heterocycles. The van der Waals surface area contributed by atoms with Crippen LogP contribution in [0.2, 0.25) is 13.1 Å². The third-order valence-corrected chi connectivity index (χ3v) is 6.02. The van der Waals surface area contributed by atoms with Gasteiger partial charge < -0.3 is 10.2 Å². The van der Waals surface area contributed by atoms with E-state index in [-0.39, 0.29) is 0 Å². The van der Waals surface area contributed by atoms with Crippen LogP contribution in [0.25, 0.3) is 0 Å². The predicted octanol–water partition coefficient (Wildman–Crippen LogP) is 2.45. The summed E-state index contributed by atoms with van der Waals surface area (Å²) in [5.74, 6) is 0. The third-order valence-electron chi connectivity index (χ3n) is 3.32. The summed E-state index contributed by atoms with van der Waals surface area (Å²) in [6, 6.07) is 4.45. The summed E-state index contributed by atoms with van der Waals surface area (Å²) in [5.41, 5.74) is 9.61. The van der Waals surface area contributed by atoms with Gasteiger partial charge in [0.2, 0.25) is 8.32 Å². The van der Waals surface area contributed by atoms with Gasteiger partial charge in [0.1, 0.15) is 0 Å². The SMILES string of the molecule is CCc1cc([Si](C)(C)OC)cc(CC)c1N. The molecule has 0 amide bonds. The number of benzene rings is 1. The number of hydrogen-bond acceptors (Lipinski definition) is 2. The van der Waals surface area contributed by atoms with E-state index < -0.39 is 8.32 Å². The van der Waals surface area contributed by atoms with Gasteiger partial charge in [0.25, 0.3) is 0 Å². The fourth-order valence-electron chi connectivity index (χ4n) is 1.83. The Bertz CT molecular complexity index is 349. The maximum absolute atomic E-state index is 6.13. The highest BCUT2D eigenvalue weighted by Gasteiger charge is 2.25. The maximum atomic E-state index is 6.13. The number of nitrogen functional groups attached to an aromatic ring is 1. The molecule has 2 nitrogen and oxygen atoms in total. The summed E-state index contributed by atoms with van der Waals surface area (Å²) >= 11 is 0. The normalized spacial score (nSPS) is 11.8. The molecule has 0 unspecified atom stereocenters. The first kappa shape index (κ1) is 13.3. The predicted molar refractivity (Wildman–Crippen MR) is 73.7 cm³/mol. The highest BCUT2D eigenvalue weighted by Crippen LogP contribution is 2.19. The van der Waals surface area contributed by atoms with E-state index in [9.17, 15) is 0 Å². The lowest BCUT2D eigenvalue weighted by Crippen LogP contribution is -2.44. The van der Waals surface area contributed by atoms with Gasteiger partial charge in [-0.3, -0.25) is 0 Å². The minimum Gasteiger partial charge on any atom is -0.416 e. The second kappa shape index (κ2) is 5.02. The fraction of sp³-hybridized carbons (Fsp3) is 0.538. The molecule has 0 aliphatic heterocycles. The standard InChI is InChI=1S/C13H23NOSi/c1-6-10-8-12(16(4,5)15-3)9-11(7-2)13(10)14/h8-9H,6-7,14H2,1-5H3. The minimum atomic E-state index is -1.73. The van der Waals surface area contributed by atoms with E-state index in [0.717, 1.165) is 18.5 Å². The maximum Gasteiger partial charge on any atom is 0.217 e. The van der Waals surface area contributed by atoms with Crippen LogP contribution in [-0.2, 0) is 17.3 Å². The summed E-state index contributed by atoms with van der Waals surface area (Å²) in [6.07, 6.45) is 1.97. The molecule has 3 heteroatoms. The van der Waals surface area contributed by atoms with Gasteiger partial charge in [0.15, 0.2) is 0 Å². The largest absolute Gasteiger partial charge is 0.416 e. The van der Waals surface area contributed by atoms with Gasteiger partial charge >= 0.3 is 0 Å². The van der Waals surface area contributed by atoms with Crippen molar-refractivity contribution in [2.75, 3.05) is 12.8 Å². The molecule has 16 heavy (non-hydrogen) atoms. The van der Waals surface area contributed by atoms with E-state index >= 15 is 0 Å². The Labute approximate surface area is 99.9 Å². The van der Waals surface area contributed by atoms with Gasteiger partial charge in [-0.25, -0.2) is 0 Å². The summed E-state index contributed by atoms with van der Waals surface area (Å²) < 4.78 is 5.66. The molecule has 0 spiro atoms. The second-order valence-electron chi connectivity index (χ2n) is 4.63. The van der Waals surface area contributed by atoms with Crippen molar-refractivity contribution in [3.8, 4) is 0 Å². The van der Waals surface area contributed by atoms with Crippen molar-refractivity contribution >= 4 is 19.2 Å². The van der Waals surface area contributed by atoms with E-state index in [1.165, 1.54) is 16.3 Å². The summed E-state index contributed by atoms with van der Waals surface area (Å²) in [6.45, 7) is 8.74. The zero-order valence-corrected chi connectivity index (χ0v) is 12.1. The quantitative estimate of drug-likeness (QED) is 0.645. The topological polar surface area (TPSA) is 35.2 Å². The van der Waals surface area contributed by atoms with Crippen LogP contribution < -0.4 is 10.9 Å². The lowest BCUT2D eigenvalue weighted by atomic mass is 10.0. The first-order chi connectivity index (χ1) is 7.46. The Morgan fingerprint density at radius 2 is 1.56 bits per heavy atom. The van der Waals surface area contributed by atoms with E-state index in [0.29, 0.717) is 0 Å². The molecule has 0 radical (unpaired) electrons. The molecule has 0 fully saturated rings. The summed E-state index contributed by atoms with van der Waals surface area (Å²) in [5, 5.41) is 1.35. The Kier molecular flexibility index (Phi) is 4.16. The monoisotopic (exact) mass is 237 g/mol. The van der Waals surface area contributed by atoms with Crippen LogP contribution in [0.15, 0.2) is 12.1 Å². The van der Waals surface area contributed by atoms with Crippen LogP contribution in [0, 0.1) is 0 Å². The zero-order valence-electron chi connectivity index (χ0n) is 11.1. The number of rotatable bonds is 4. The average Bonchev–Trinajstić information content (AvgIpc) is 2.29. The first-order valence-corrected chi connectivity index (χ1v) is 8.84. The minimum absolute atomic E-state index is 0.967. The van der Waals surface area contributed by atoms with Crippen molar-refractivity contribution in [1.82, 2.24) is 0 Å². The Hall–Kier alpha value is -0.803. The molecule has 0 bridgehead atoms. The van der Waals surface area contributed by atoms with E-state index in [1.54, 1.807) is 7.11 Å². The van der Waals surface area contributed by atoms with Crippen LogP contribution in [0.3, 0.4) is 0 Å². The highest BCUT2D eigenvalue weighted by molar-refractivity contribution is 6.84. The van der Waals surface area contributed by atoms with E-state index in [1.807, 2.05) is 0 Å². The average molecular weight is 237 g/mol. The van der Waals surface area contributed by atoms with Gasteiger partial charge in [-0.1, -0.05) is 26.0 Å². The van der Waals surface area contributed by atoms with Gasteiger partial charge in [-0.15, -0.1) is 0 Å². The Morgan fingerprint density at radius 1 is 1.12 bits per heavy atom. The fourth-order valence-corrected chi connectivity index (χ4v) is 3.11. The zero-order chi connectivity index (χ0) is 12.3. The van der Waals surface area contributed by atoms with Crippen molar-refractivity contribution in [1.29, 1.82) is 0 Å². The van der Waals surface area contributed by atoms with Crippen molar-refractivity contribution in [2.45, 2.75) is 39.8 Å². The Balaban J connectivity index is 3.32. The lowest BCUT2D eigenvalue weighted by molar-refractivity contribution is 0.416. The molecule has 1 aromatic carbocycles. The van der Waals surface area contributed by atoms with Crippen molar-refractivity contribution < 1.29 is 4.43 Å². The lowest BCUT2D eigenvalue weighted by Gasteiger charge is -2.23. The van der Waals surface area contributed by atoms with Gasteiger partial charge in [-0.05, 0) is 42.2 Å². The molecular weight excluding hydrogens is 214 g/mol. The smallest absolute Gasteiger partial charge is 0.217 e. The molecule has 0 aromatic heterocycles. The number of hydrogen-bond donors (Lipinski definition) is 1. The van der Waals surface area contributed by atoms with Crippen LogP contribution in [-0.4, -0.2) is 15.4 Å². The second-order valence-corrected chi connectivity index (χ2v) is 8.64. The number of anilines is 1. The number of nitrogens with two attached hydrogens (primary N) is 1. The van der Waals surface area contributed by atoms with E-state index in [4.69, 9.17) is 10.2 Å². The number of aryl methyl sites for hydroxylation is 2. The summed E-state index contributed by atoms with van der Waals surface area (Å²) in [4.78, 5) is 0. The highest BCUT2D eigenvalue weighted by atomic mass is 28.4. The molecule has 0 saturated heterocycles. The molecule has 0 saturated carbocycles. The van der Waals surface area contributed by atoms with Crippen LogP contribution in [0.4, 0.5) is 5.69 Å². The van der Waals surface area contributed by atoms with Crippen LogP contribution in [0.1, 0.15) is 25.0 Å². The van der Waals surface area contributed by atoms with Crippen molar-refractivity contribution in [3.63, 3.8) is 0 Å². The third kappa shape index (κ3) is 2.47. The summed E-state index contributed by atoms with van der Waals surface area (Å²) in [7, 11) is 0.0782. The van der Waals surface area contributed by atoms with Gasteiger partial charge in [0, 0.05) is 12.8 Å².